The Labute approximate surface area is 121 Å². The molecule has 0 radical (unpaired) electrons. The van der Waals surface area contributed by atoms with Crippen LogP contribution in [0.5, 0.6) is 0 Å². The molecular weight excluding hydrogens is 294 g/mol. The maximum Gasteiger partial charge on any atom is 0.336 e. The molecule has 8 nitrogen and oxygen atoms in total. The van der Waals surface area contributed by atoms with Crippen molar-refractivity contribution in [1.29, 1.82) is 0 Å². The first-order valence-electron chi connectivity index (χ1n) is 5.94. The molecule has 0 saturated carbocycles. The molecule has 3 rings (SSSR count). The van der Waals surface area contributed by atoms with Gasteiger partial charge in [0, 0.05) is 18.5 Å². The Bertz CT molecular complexity index is 822. The molecule has 2 aromatic heterocycles. The third-order valence-corrected chi connectivity index (χ3v) is 4.87. The summed E-state index contributed by atoms with van der Waals surface area (Å²) in [4.78, 5) is 22.8. The first-order chi connectivity index (χ1) is 10.1. The number of hydrogen-bond donors (Lipinski definition) is 2. The molecule has 0 aromatic carbocycles. The minimum absolute atomic E-state index is 0.217. The van der Waals surface area contributed by atoms with Crippen LogP contribution in [-0.2, 0) is 0 Å². The highest BCUT2D eigenvalue weighted by atomic mass is 32.2. The van der Waals surface area contributed by atoms with Gasteiger partial charge in [0.05, 0.1) is 10.6 Å². The minimum atomic E-state index is -1.12. The highest BCUT2D eigenvalue weighted by molar-refractivity contribution is 8.40. The summed E-state index contributed by atoms with van der Waals surface area (Å²) in [6.07, 6.45) is 3.43. The molecule has 2 aromatic rings. The number of nitrogens with two attached hydrogens (primary N) is 1. The molecule has 0 spiro atoms. The van der Waals surface area contributed by atoms with E-state index in [0.29, 0.717) is 10.6 Å². The molecule has 2 N–H and O–H groups in total. The van der Waals surface area contributed by atoms with Crippen LogP contribution in [0.4, 0.5) is 0 Å². The average Bonchev–Trinajstić information content (AvgIpc) is 3.07. The molecule has 0 fully saturated rings. The average molecular weight is 305 g/mol. The Balaban J connectivity index is 2.13. The van der Waals surface area contributed by atoms with Crippen molar-refractivity contribution in [3.05, 3.63) is 52.3 Å². The van der Waals surface area contributed by atoms with Crippen LogP contribution in [0.25, 0.3) is 0 Å². The zero-order chi connectivity index (χ0) is 15.0. The minimum Gasteiger partial charge on any atom is -0.417 e. The maximum atomic E-state index is 11.5. The van der Waals surface area contributed by atoms with Crippen LogP contribution in [0.2, 0.25) is 0 Å². The van der Waals surface area contributed by atoms with Gasteiger partial charge in [-0.25, -0.2) is 8.88 Å². The summed E-state index contributed by atoms with van der Waals surface area (Å²) in [5, 5.41) is 13.6. The highest BCUT2D eigenvalue weighted by Crippen LogP contribution is 2.38. The van der Waals surface area contributed by atoms with E-state index in [2.05, 4.69) is 15.3 Å². The van der Waals surface area contributed by atoms with Crippen molar-refractivity contribution in [1.82, 2.24) is 9.19 Å². The summed E-state index contributed by atoms with van der Waals surface area (Å²) in [6.45, 7) is 1.83. The maximum absolute atomic E-state index is 11.5. The van der Waals surface area contributed by atoms with Gasteiger partial charge in [0.15, 0.2) is 0 Å². The van der Waals surface area contributed by atoms with Gasteiger partial charge < -0.3 is 10.2 Å². The van der Waals surface area contributed by atoms with Gasteiger partial charge in [-0.15, -0.1) is 10.2 Å². The zero-order valence-electron chi connectivity index (χ0n) is 10.9. The summed E-state index contributed by atoms with van der Waals surface area (Å²) in [6, 6.07) is 4.47. The van der Waals surface area contributed by atoms with Gasteiger partial charge in [0.1, 0.15) is 5.04 Å². The molecule has 3 heterocycles. The van der Waals surface area contributed by atoms with Crippen LogP contribution in [0.15, 0.2) is 50.0 Å². The third kappa shape index (κ3) is 2.27. The lowest BCUT2D eigenvalue weighted by molar-refractivity contribution is 0.0969. The normalized spacial score (nSPS) is 19.2. The van der Waals surface area contributed by atoms with Gasteiger partial charge in [-0.1, -0.05) is 11.1 Å². The third-order valence-electron chi connectivity index (χ3n) is 2.79. The summed E-state index contributed by atoms with van der Waals surface area (Å²) in [7, 11) is 0. The Morgan fingerprint density at radius 2 is 2.19 bits per heavy atom. The Morgan fingerprint density at radius 3 is 2.86 bits per heavy atom. The fourth-order valence-electron chi connectivity index (χ4n) is 1.93. The zero-order valence-corrected chi connectivity index (χ0v) is 11.8. The van der Waals surface area contributed by atoms with Crippen molar-refractivity contribution >= 4 is 27.1 Å². The van der Waals surface area contributed by atoms with Crippen molar-refractivity contribution < 1.29 is 9.21 Å². The Morgan fingerprint density at radius 1 is 1.38 bits per heavy atom. The molecule has 0 saturated heterocycles. The lowest BCUT2D eigenvalue weighted by atomic mass is 10.2. The monoisotopic (exact) mass is 305 g/mol. The quantitative estimate of drug-likeness (QED) is 0.803. The van der Waals surface area contributed by atoms with Crippen molar-refractivity contribution in [2.24, 2.45) is 15.9 Å². The number of carbonyl (C=O) groups excluding carboxylic acids is 1. The van der Waals surface area contributed by atoms with E-state index < -0.39 is 22.6 Å². The predicted molar refractivity (Wildman–Crippen MR) is 79.8 cm³/mol. The van der Waals surface area contributed by atoms with Gasteiger partial charge >= 0.3 is 5.63 Å². The van der Waals surface area contributed by atoms with E-state index in [4.69, 9.17) is 10.2 Å². The van der Waals surface area contributed by atoms with E-state index in [1.54, 1.807) is 22.5 Å². The number of rotatable bonds is 3. The largest absolute Gasteiger partial charge is 0.417 e. The highest BCUT2D eigenvalue weighted by Gasteiger charge is 2.28. The smallest absolute Gasteiger partial charge is 0.336 e. The molecule has 1 amide bonds. The summed E-state index contributed by atoms with van der Waals surface area (Å²) in [5.41, 5.74) is 4.99. The van der Waals surface area contributed by atoms with E-state index in [0.717, 1.165) is 5.04 Å². The van der Waals surface area contributed by atoms with Crippen molar-refractivity contribution in [2.45, 2.75) is 6.92 Å². The van der Waals surface area contributed by atoms with Crippen LogP contribution in [0.3, 0.4) is 0 Å². The second-order valence-corrected chi connectivity index (χ2v) is 6.27. The fraction of sp³-hybridized carbons (Fsp3) is 0.0833. The summed E-state index contributed by atoms with van der Waals surface area (Å²) < 4.78 is 6.62. The molecule has 0 aliphatic carbocycles. The van der Waals surface area contributed by atoms with Crippen molar-refractivity contribution in [2.75, 3.05) is 0 Å². The van der Waals surface area contributed by atoms with Crippen LogP contribution in [0.1, 0.15) is 23.0 Å². The van der Waals surface area contributed by atoms with Crippen LogP contribution >= 0.6 is 11.1 Å². The number of primary amides is 1. The second-order valence-electron chi connectivity index (χ2n) is 4.17. The molecule has 108 valence electrons. The van der Waals surface area contributed by atoms with E-state index in [-0.39, 0.29) is 5.76 Å². The number of amides is 1. The van der Waals surface area contributed by atoms with Crippen molar-refractivity contribution in [3.63, 3.8) is 0 Å². The predicted octanol–water partition coefficient (Wildman–Crippen LogP) is 0.493. The van der Waals surface area contributed by atoms with E-state index >= 15 is 0 Å². The lowest BCUT2D eigenvalue weighted by Crippen LogP contribution is -2.21. The fourth-order valence-corrected chi connectivity index (χ4v) is 3.76. The number of aromatic nitrogens is 2. The number of hydrogen-bond acceptors (Lipinski definition) is 6. The van der Waals surface area contributed by atoms with Crippen molar-refractivity contribution in [3.8, 4) is 0 Å². The molecule has 0 bridgehead atoms. The topological polar surface area (TPSA) is 116 Å². The first kappa shape index (κ1) is 13.3. The second kappa shape index (κ2) is 5.02. The van der Waals surface area contributed by atoms with Gasteiger partial charge in [-0.05, 0) is 19.1 Å². The molecular formula is C12H11N5O3S. The Hall–Kier alpha value is -2.68. The summed E-state index contributed by atoms with van der Waals surface area (Å²) in [5.74, 6) is -1.05. The first-order valence-corrected chi connectivity index (χ1v) is 7.24. The molecule has 1 aliphatic heterocycles. The van der Waals surface area contributed by atoms with Gasteiger partial charge in [-0.2, -0.15) is 5.10 Å². The molecule has 1 atom stereocenters. The lowest BCUT2D eigenvalue weighted by Gasteiger charge is -2.18. The standard InChI is InChI=1S/C12H11N5O3S/c1-7-15-16-12(21(7)17-6-2-5-14-17)8-3-4-9(18)20-10(8)11(13)19/h2-6,21H,1H3,(H2,13,19). The SMILES string of the molecule is CC1=NN=C(c2ccc(=O)oc2C(N)=O)[SH]1n1cccn1. The Kier molecular flexibility index (Phi) is 3.18. The van der Waals surface area contributed by atoms with E-state index in [1.165, 1.54) is 12.1 Å². The molecule has 1 unspecified atom stereocenters. The van der Waals surface area contributed by atoms with Gasteiger partial charge in [0.2, 0.25) is 5.76 Å². The molecule has 1 aliphatic rings. The van der Waals surface area contributed by atoms with Gasteiger partial charge in [0.25, 0.3) is 5.91 Å². The van der Waals surface area contributed by atoms with Gasteiger partial charge in [-0.3, -0.25) is 4.79 Å². The van der Waals surface area contributed by atoms with Crippen LogP contribution in [0, 0.1) is 0 Å². The molecule has 21 heavy (non-hydrogen) atoms. The van der Waals surface area contributed by atoms with E-state index in [9.17, 15) is 9.59 Å². The van der Waals surface area contributed by atoms with Crippen LogP contribution < -0.4 is 11.4 Å². The van der Waals surface area contributed by atoms with Crippen LogP contribution in [-0.4, -0.2) is 25.2 Å². The number of nitrogens with zero attached hydrogens (tertiary/aromatic N) is 4. The number of carbonyl (C=O) groups is 1. The number of thiol groups is 1. The molecule has 9 heteroatoms. The summed E-state index contributed by atoms with van der Waals surface area (Å²) >= 11 is -1.12. The van der Waals surface area contributed by atoms with E-state index in [1.807, 2.05) is 6.92 Å².